The summed E-state index contributed by atoms with van der Waals surface area (Å²) in [6, 6.07) is 0. The highest BCUT2D eigenvalue weighted by molar-refractivity contribution is 4.97. The van der Waals surface area contributed by atoms with Crippen LogP contribution in [0.4, 0.5) is 0 Å². The molecule has 0 spiro atoms. The Bertz CT molecular complexity index is 184. The highest BCUT2D eigenvalue weighted by Crippen LogP contribution is 2.16. The van der Waals surface area contributed by atoms with Crippen molar-refractivity contribution >= 4 is 0 Å². The summed E-state index contributed by atoms with van der Waals surface area (Å²) in [5.74, 6) is 0. The second kappa shape index (κ2) is 6.95. The number of aliphatic hydroxyl groups excluding tert-OH is 3. The molecule has 4 nitrogen and oxygen atoms in total. The SMILES string of the molecule is CC(C)=CC(C)OCC(CO)(CO)CO. The quantitative estimate of drug-likeness (QED) is 0.538. The third kappa shape index (κ3) is 5.28. The van der Waals surface area contributed by atoms with Gasteiger partial charge in [-0.05, 0) is 20.8 Å². The van der Waals surface area contributed by atoms with Gasteiger partial charge in [-0.15, -0.1) is 0 Å². The summed E-state index contributed by atoms with van der Waals surface area (Å²) in [6.45, 7) is 5.09. The van der Waals surface area contributed by atoms with E-state index in [0.717, 1.165) is 5.57 Å². The predicted molar refractivity (Wildman–Crippen MR) is 58.5 cm³/mol. The van der Waals surface area contributed by atoms with Crippen LogP contribution in [-0.4, -0.2) is 47.9 Å². The molecule has 0 aliphatic heterocycles. The molecule has 0 aromatic heterocycles. The van der Waals surface area contributed by atoms with E-state index in [9.17, 15) is 0 Å². The van der Waals surface area contributed by atoms with Crippen molar-refractivity contribution in [2.75, 3.05) is 26.4 Å². The Morgan fingerprint density at radius 2 is 1.67 bits per heavy atom. The Kier molecular flexibility index (Phi) is 6.76. The molecule has 0 radical (unpaired) electrons. The molecular weight excluding hydrogens is 196 g/mol. The molecule has 0 fully saturated rings. The third-order valence-corrected chi connectivity index (χ3v) is 2.23. The maximum Gasteiger partial charge on any atom is 0.0730 e. The zero-order valence-corrected chi connectivity index (χ0v) is 9.73. The summed E-state index contributed by atoms with van der Waals surface area (Å²) in [7, 11) is 0. The second-order valence-electron chi connectivity index (χ2n) is 4.23. The molecule has 0 heterocycles. The highest BCUT2D eigenvalue weighted by Gasteiger charge is 2.28. The lowest BCUT2D eigenvalue weighted by molar-refractivity contribution is -0.0675. The Hall–Kier alpha value is -0.420. The molecule has 0 bridgehead atoms. The van der Waals surface area contributed by atoms with Gasteiger partial charge in [-0.2, -0.15) is 0 Å². The molecule has 15 heavy (non-hydrogen) atoms. The first-order chi connectivity index (χ1) is 6.99. The predicted octanol–water partition coefficient (Wildman–Crippen LogP) is 0.321. The van der Waals surface area contributed by atoms with Crippen LogP contribution in [0.2, 0.25) is 0 Å². The van der Waals surface area contributed by atoms with Gasteiger partial charge in [0, 0.05) is 0 Å². The summed E-state index contributed by atoms with van der Waals surface area (Å²) in [4.78, 5) is 0. The van der Waals surface area contributed by atoms with Gasteiger partial charge in [0.15, 0.2) is 0 Å². The molecule has 0 saturated carbocycles. The lowest BCUT2D eigenvalue weighted by Gasteiger charge is -2.28. The number of aliphatic hydroxyl groups is 3. The Labute approximate surface area is 91.2 Å². The Balaban J connectivity index is 4.16. The summed E-state index contributed by atoms with van der Waals surface area (Å²) in [5.41, 5.74) is 0.203. The van der Waals surface area contributed by atoms with E-state index in [1.807, 2.05) is 26.8 Å². The number of ether oxygens (including phenoxy) is 1. The number of rotatable bonds is 7. The average molecular weight is 218 g/mol. The summed E-state index contributed by atoms with van der Waals surface area (Å²) in [5, 5.41) is 27.2. The fourth-order valence-corrected chi connectivity index (χ4v) is 1.11. The molecule has 1 atom stereocenters. The average Bonchev–Trinajstić information content (AvgIpc) is 2.20. The molecule has 1 unspecified atom stereocenters. The van der Waals surface area contributed by atoms with Crippen molar-refractivity contribution in [3.05, 3.63) is 11.6 Å². The van der Waals surface area contributed by atoms with E-state index in [1.165, 1.54) is 0 Å². The number of hydrogen-bond donors (Lipinski definition) is 3. The molecule has 0 amide bonds. The molecule has 0 aromatic carbocycles. The standard InChI is InChI=1S/C11H22O4/c1-9(2)4-10(3)15-8-11(5-12,6-13)7-14/h4,10,12-14H,5-8H2,1-3H3. The van der Waals surface area contributed by atoms with Crippen molar-refractivity contribution in [3.8, 4) is 0 Å². The van der Waals surface area contributed by atoms with Gasteiger partial charge in [-0.25, -0.2) is 0 Å². The fourth-order valence-electron chi connectivity index (χ4n) is 1.11. The Morgan fingerprint density at radius 3 is 2.00 bits per heavy atom. The van der Waals surface area contributed by atoms with Crippen molar-refractivity contribution in [1.29, 1.82) is 0 Å². The number of allylic oxidation sites excluding steroid dienone is 1. The van der Waals surface area contributed by atoms with Crippen LogP contribution in [0.5, 0.6) is 0 Å². The van der Waals surface area contributed by atoms with E-state index >= 15 is 0 Å². The van der Waals surface area contributed by atoms with Crippen LogP contribution in [-0.2, 0) is 4.74 Å². The first kappa shape index (κ1) is 14.6. The van der Waals surface area contributed by atoms with Crippen molar-refractivity contribution in [3.63, 3.8) is 0 Å². The fraction of sp³-hybridized carbons (Fsp3) is 0.818. The second-order valence-corrected chi connectivity index (χ2v) is 4.23. The van der Waals surface area contributed by atoms with E-state index in [0.29, 0.717) is 0 Å². The maximum atomic E-state index is 9.06. The van der Waals surface area contributed by atoms with E-state index in [4.69, 9.17) is 20.1 Å². The van der Waals surface area contributed by atoms with Crippen LogP contribution in [0.25, 0.3) is 0 Å². The van der Waals surface area contributed by atoms with Crippen molar-refractivity contribution in [2.45, 2.75) is 26.9 Å². The summed E-state index contributed by atoms with van der Waals surface area (Å²) >= 11 is 0. The van der Waals surface area contributed by atoms with Crippen molar-refractivity contribution in [2.24, 2.45) is 5.41 Å². The minimum absolute atomic E-state index is 0.0842. The third-order valence-electron chi connectivity index (χ3n) is 2.23. The van der Waals surface area contributed by atoms with Gasteiger partial charge in [-0.1, -0.05) is 11.6 Å². The van der Waals surface area contributed by atoms with E-state index in [-0.39, 0.29) is 32.5 Å². The van der Waals surface area contributed by atoms with Gasteiger partial charge in [-0.3, -0.25) is 0 Å². The zero-order valence-electron chi connectivity index (χ0n) is 9.73. The van der Waals surface area contributed by atoms with Gasteiger partial charge in [0.25, 0.3) is 0 Å². The maximum absolute atomic E-state index is 9.06. The van der Waals surface area contributed by atoms with Gasteiger partial charge < -0.3 is 20.1 Å². The van der Waals surface area contributed by atoms with Gasteiger partial charge in [0.1, 0.15) is 0 Å². The molecule has 0 aromatic rings. The van der Waals surface area contributed by atoms with E-state index in [2.05, 4.69) is 0 Å². The first-order valence-electron chi connectivity index (χ1n) is 5.09. The minimum atomic E-state index is -0.941. The molecule has 0 aliphatic carbocycles. The van der Waals surface area contributed by atoms with Gasteiger partial charge in [0.05, 0.1) is 37.9 Å². The highest BCUT2D eigenvalue weighted by atomic mass is 16.5. The van der Waals surface area contributed by atoms with Crippen LogP contribution >= 0.6 is 0 Å². The van der Waals surface area contributed by atoms with Crippen molar-refractivity contribution < 1.29 is 20.1 Å². The van der Waals surface area contributed by atoms with Crippen LogP contribution in [0.15, 0.2) is 11.6 Å². The zero-order chi connectivity index (χ0) is 11.9. The molecule has 0 saturated heterocycles. The van der Waals surface area contributed by atoms with Crippen molar-refractivity contribution in [1.82, 2.24) is 0 Å². The normalized spacial score (nSPS) is 13.7. The topological polar surface area (TPSA) is 69.9 Å². The number of hydrogen-bond acceptors (Lipinski definition) is 4. The van der Waals surface area contributed by atoms with E-state index in [1.54, 1.807) is 0 Å². The largest absolute Gasteiger partial charge is 0.396 e. The molecule has 3 N–H and O–H groups in total. The minimum Gasteiger partial charge on any atom is -0.396 e. The van der Waals surface area contributed by atoms with Crippen LogP contribution in [0, 0.1) is 5.41 Å². The molecular formula is C11H22O4. The smallest absolute Gasteiger partial charge is 0.0730 e. The summed E-state index contributed by atoms with van der Waals surface area (Å²) < 4.78 is 5.43. The first-order valence-corrected chi connectivity index (χ1v) is 5.09. The molecule has 0 rings (SSSR count). The summed E-state index contributed by atoms with van der Waals surface area (Å²) in [6.07, 6.45) is 1.86. The monoisotopic (exact) mass is 218 g/mol. The van der Waals surface area contributed by atoms with Crippen LogP contribution in [0.3, 0.4) is 0 Å². The van der Waals surface area contributed by atoms with Gasteiger partial charge >= 0.3 is 0 Å². The van der Waals surface area contributed by atoms with Crippen LogP contribution in [0.1, 0.15) is 20.8 Å². The molecule has 90 valence electrons. The Morgan fingerprint density at radius 1 is 1.20 bits per heavy atom. The molecule has 4 heteroatoms. The van der Waals surface area contributed by atoms with Crippen LogP contribution < -0.4 is 0 Å². The van der Waals surface area contributed by atoms with Gasteiger partial charge in [0.2, 0.25) is 0 Å². The molecule has 0 aliphatic rings. The lowest BCUT2D eigenvalue weighted by Crippen LogP contribution is -2.39. The lowest BCUT2D eigenvalue weighted by atomic mass is 9.92. The van der Waals surface area contributed by atoms with E-state index < -0.39 is 5.41 Å².